The normalized spacial score (nSPS) is 10.9. The zero-order valence-corrected chi connectivity index (χ0v) is 11.3. The monoisotopic (exact) mass is 245 g/mol. The molecule has 4 heteroatoms. The van der Waals surface area contributed by atoms with Crippen LogP contribution in [0.3, 0.4) is 0 Å². The Morgan fingerprint density at radius 2 is 1.83 bits per heavy atom. The van der Waals surface area contributed by atoms with Gasteiger partial charge in [-0.1, -0.05) is 13.8 Å². The van der Waals surface area contributed by atoms with Gasteiger partial charge in [-0.25, -0.2) is 0 Å². The molecular weight excluding hydrogens is 226 g/mol. The molecule has 0 aliphatic heterocycles. The van der Waals surface area contributed by atoms with Crippen molar-refractivity contribution in [2.75, 3.05) is 12.8 Å². The molecule has 0 radical (unpaired) electrons. The first kappa shape index (κ1) is 12.5. The zero-order chi connectivity index (χ0) is 13.3. The molecule has 0 amide bonds. The molecule has 2 N–H and O–H groups in total. The number of aromatic nitrogens is 2. The molecule has 0 atom stereocenters. The summed E-state index contributed by atoms with van der Waals surface area (Å²) in [7, 11) is 3.58. The van der Waals surface area contributed by atoms with E-state index in [-0.39, 0.29) is 0 Å². The molecule has 1 aromatic carbocycles. The van der Waals surface area contributed by atoms with Gasteiger partial charge in [0, 0.05) is 18.2 Å². The SMILES string of the molecule is COc1ccc(-c2c(C(C)C)c(N)nn2C)cc1. The first-order valence-corrected chi connectivity index (χ1v) is 6.01. The fourth-order valence-electron chi connectivity index (χ4n) is 2.22. The Labute approximate surface area is 107 Å². The largest absolute Gasteiger partial charge is 0.497 e. The van der Waals surface area contributed by atoms with Gasteiger partial charge in [-0.15, -0.1) is 0 Å². The van der Waals surface area contributed by atoms with Gasteiger partial charge in [-0.2, -0.15) is 5.10 Å². The van der Waals surface area contributed by atoms with Crippen molar-refractivity contribution in [2.24, 2.45) is 7.05 Å². The van der Waals surface area contributed by atoms with Crippen molar-refractivity contribution in [1.29, 1.82) is 0 Å². The topological polar surface area (TPSA) is 53.1 Å². The van der Waals surface area contributed by atoms with Crippen LogP contribution in [-0.2, 0) is 7.05 Å². The van der Waals surface area contributed by atoms with E-state index in [9.17, 15) is 0 Å². The standard InChI is InChI=1S/C14H19N3O/c1-9(2)12-13(17(3)16-14(12)15)10-5-7-11(18-4)8-6-10/h5-9H,1-4H3,(H2,15,16). The Balaban J connectivity index is 2.55. The lowest BCUT2D eigenvalue weighted by atomic mass is 9.98. The number of hydrogen-bond acceptors (Lipinski definition) is 3. The number of nitrogens with two attached hydrogens (primary N) is 1. The average Bonchev–Trinajstić information content (AvgIpc) is 2.64. The maximum Gasteiger partial charge on any atom is 0.149 e. The summed E-state index contributed by atoms with van der Waals surface area (Å²) >= 11 is 0. The second-order valence-corrected chi connectivity index (χ2v) is 4.65. The van der Waals surface area contributed by atoms with Gasteiger partial charge in [-0.05, 0) is 30.2 Å². The molecule has 0 spiro atoms. The molecule has 1 aromatic heterocycles. The molecule has 2 rings (SSSR count). The molecule has 0 aliphatic rings. The number of nitrogens with zero attached hydrogens (tertiary/aromatic N) is 2. The second kappa shape index (κ2) is 4.72. The van der Waals surface area contributed by atoms with Gasteiger partial charge in [0.15, 0.2) is 0 Å². The molecule has 4 nitrogen and oxygen atoms in total. The van der Waals surface area contributed by atoms with Crippen molar-refractivity contribution >= 4 is 5.82 Å². The number of benzene rings is 1. The number of nitrogen functional groups attached to an aromatic ring is 1. The second-order valence-electron chi connectivity index (χ2n) is 4.65. The molecule has 0 aliphatic carbocycles. The highest BCUT2D eigenvalue weighted by atomic mass is 16.5. The third-order valence-corrected chi connectivity index (χ3v) is 3.05. The Morgan fingerprint density at radius 1 is 1.22 bits per heavy atom. The number of aryl methyl sites for hydroxylation is 1. The van der Waals surface area contributed by atoms with E-state index in [1.54, 1.807) is 7.11 Å². The number of methoxy groups -OCH3 is 1. The highest BCUT2D eigenvalue weighted by Crippen LogP contribution is 2.33. The van der Waals surface area contributed by atoms with Crippen LogP contribution in [0.2, 0.25) is 0 Å². The van der Waals surface area contributed by atoms with Crippen LogP contribution in [0.5, 0.6) is 5.75 Å². The van der Waals surface area contributed by atoms with Gasteiger partial charge in [-0.3, -0.25) is 4.68 Å². The van der Waals surface area contributed by atoms with E-state index in [0.717, 1.165) is 22.6 Å². The number of anilines is 1. The van der Waals surface area contributed by atoms with Gasteiger partial charge >= 0.3 is 0 Å². The number of hydrogen-bond donors (Lipinski definition) is 1. The highest BCUT2D eigenvalue weighted by molar-refractivity contribution is 5.70. The van der Waals surface area contributed by atoms with Gasteiger partial charge in [0.2, 0.25) is 0 Å². The Kier molecular flexibility index (Phi) is 3.28. The maximum absolute atomic E-state index is 5.98. The summed E-state index contributed by atoms with van der Waals surface area (Å²) in [6.45, 7) is 4.25. The Morgan fingerprint density at radius 3 is 2.33 bits per heavy atom. The van der Waals surface area contributed by atoms with E-state index in [0.29, 0.717) is 11.7 Å². The minimum atomic E-state index is 0.343. The van der Waals surface area contributed by atoms with Crippen molar-refractivity contribution in [3.8, 4) is 17.0 Å². The summed E-state index contributed by atoms with van der Waals surface area (Å²) in [4.78, 5) is 0. The molecule has 0 bridgehead atoms. The van der Waals surface area contributed by atoms with E-state index in [1.807, 2.05) is 36.0 Å². The highest BCUT2D eigenvalue weighted by Gasteiger charge is 2.18. The Bertz CT molecular complexity index is 541. The molecule has 0 unspecified atom stereocenters. The molecular formula is C14H19N3O. The van der Waals surface area contributed by atoms with Crippen LogP contribution in [0.1, 0.15) is 25.3 Å². The minimum absolute atomic E-state index is 0.343. The van der Waals surface area contributed by atoms with Crippen LogP contribution in [0, 0.1) is 0 Å². The van der Waals surface area contributed by atoms with Crippen molar-refractivity contribution in [2.45, 2.75) is 19.8 Å². The third-order valence-electron chi connectivity index (χ3n) is 3.05. The summed E-state index contributed by atoms with van der Waals surface area (Å²) in [5.74, 6) is 1.80. The summed E-state index contributed by atoms with van der Waals surface area (Å²) < 4.78 is 7.01. The van der Waals surface area contributed by atoms with Crippen LogP contribution in [0.15, 0.2) is 24.3 Å². The fourth-order valence-corrected chi connectivity index (χ4v) is 2.22. The van der Waals surface area contributed by atoms with Crippen molar-refractivity contribution in [1.82, 2.24) is 9.78 Å². The molecule has 96 valence electrons. The quantitative estimate of drug-likeness (QED) is 0.904. The van der Waals surface area contributed by atoms with E-state index in [1.165, 1.54) is 0 Å². The molecule has 2 aromatic rings. The van der Waals surface area contributed by atoms with Crippen LogP contribution in [-0.4, -0.2) is 16.9 Å². The van der Waals surface area contributed by atoms with Crippen molar-refractivity contribution in [3.63, 3.8) is 0 Å². The number of rotatable bonds is 3. The van der Waals surface area contributed by atoms with Gasteiger partial charge in [0.05, 0.1) is 12.8 Å². The fraction of sp³-hybridized carbons (Fsp3) is 0.357. The summed E-state index contributed by atoms with van der Waals surface area (Å²) in [6, 6.07) is 7.95. The molecule has 0 saturated heterocycles. The lowest BCUT2D eigenvalue weighted by Gasteiger charge is -2.10. The average molecular weight is 245 g/mol. The number of ether oxygens (including phenoxy) is 1. The van der Waals surface area contributed by atoms with Crippen LogP contribution < -0.4 is 10.5 Å². The minimum Gasteiger partial charge on any atom is -0.497 e. The molecule has 0 fully saturated rings. The molecule has 18 heavy (non-hydrogen) atoms. The molecule has 1 heterocycles. The van der Waals surface area contributed by atoms with Crippen LogP contribution >= 0.6 is 0 Å². The predicted molar refractivity (Wildman–Crippen MR) is 73.7 cm³/mol. The van der Waals surface area contributed by atoms with Crippen LogP contribution in [0.4, 0.5) is 5.82 Å². The van der Waals surface area contributed by atoms with E-state index in [2.05, 4.69) is 18.9 Å². The molecule has 0 saturated carbocycles. The van der Waals surface area contributed by atoms with E-state index < -0.39 is 0 Å². The Hall–Kier alpha value is -1.97. The lowest BCUT2D eigenvalue weighted by molar-refractivity contribution is 0.415. The van der Waals surface area contributed by atoms with Crippen molar-refractivity contribution in [3.05, 3.63) is 29.8 Å². The van der Waals surface area contributed by atoms with Gasteiger partial charge < -0.3 is 10.5 Å². The summed E-state index contributed by atoms with van der Waals surface area (Å²) in [5, 5.41) is 4.31. The van der Waals surface area contributed by atoms with Crippen molar-refractivity contribution < 1.29 is 4.74 Å². The van der Waals surface area contributed by atoms with E-state index >= 15 is 0 Å². The summed E-state index contributed by atoms with van der Waals surface area (Å²) in [6.07, 6.45) is 0. The van der Waals surface area contributed by atoms with Crippen LogP contribution in [0.25, 0.3) is 11.3 Å². The first-order chi connectivity index (χ1) is 8.54. The first-order valence-electron chi connectivity index (χ1n) is 6.01. The third kappa shape index (κ3) is 2.06. The lowest BCUT2D eigenvalue weighted by Crippen LogP contribution is -1.97. The van der Waals surface area contributed by atoms with Gasteiger partial charge in [0.1, 0.15) is 11.6 Å². The van der Waals surface area contributed by atoms with Gasteiger partial charge in [0.25, 0.3) is 0 Å². The maximum atomic E-state index is 5.98. The summed E-state index contributed by atoms with van der Waals surface area (Å²) in [5.41, 5.74) is 9.26. The zero-order valence-electron chi connectivity index (χ0n) is 11.3. The predicted octanol–water partition coefficient (Wildman–Crippen LogP) is 2.80. The van der Waals surface area contributed by atoms with E-state index in [4.69, 9.17) is 10.5 Å². The smallest absolute Gasteiger partial charge is 0.149 e.